The predicted molar refractivity (Wildman–Crippen MR) is 106 cm³/mol. The lowest BCUT2D eigenvalue weighted by molar-refractivity contribution is 0.00211. The summed E-state index contributed by atoms with van der Waals surface area (Å²) in [5.41, 5.74) is 4.14. The first-order chi connectivity index (χ1) is 13.2. The van der Waals surface area contributed by atoms with Crippen molar-refractivity contribution in [3.8, 4) is 16.9 Å². The monoisotopic (exact) mass is 365 g/mol. The van der Waals surface area contributed by atoms with E-state index in [9.17, 15) is 4.79 Å². The Bertz CT molecular complexity index is 817. The van der Waals surface area contributed by atoms with Crippen LogP contribution in [-0.2, 0) is 11.2 Å². The fourth-order valence-corrected chi connectivity index (χ4v) is 3.90. The molecule has 0 N–H and O–H groups in total. The number of hydrogen-bond acceptors (Lipinski definition) is 3. The van der Waals surface area contributed by atoms with Crippen LogP contribution in [-0.4, -0.2) is 43.2 Å². The molecule has 4 rings (SSSR count). The average Bonchev–Trinajstić information content (AvgIpc) is 3.20. The number of ether oxygens (including phenoxy) is 2. The van der Waals surface area contributed by atoms with E-state index in [0.717, 1.165) is 67.9 Å². The summed E-state index contributed by atoms with van der Waals surface area (Å²) in [5.74, 6) is 1.07. The zero-order valence-electron chi connectivity index (χ0n) is 15.9. The molecule has 2 aliphatic rings. The van der Waals surface area contributed by atoms with Gasteiger partial charge in [0.1, 0.15) is 5.75 Å². The van der Waals surface area contributed by atoms with Gasteiger partial charge >= 0.3 is 0 Å². The van der Waals surface area contributed by atoms with Gasteiger partial charge in [0.15, 0.2) is 0 Å². The van der Waals surface area contributed by atoms with Crippen molar-refractivity contribution in [2.45, 2.75) is 38.7 Å². The van der Waals surface area contributed by atoms with E-state index in [2.05, 4.69) is 31.2 Å². The number of piperidine rings is 1. The van der Waals surface area contributed by atoms with Crippen LogP contribution in [0.15, 0.2) is 42.5 Å². The van der Waals surface area contributed by atoms with Crippen molar-refractivity contribution >= 4 is 5.91 Å². The Hall–Kier alpha value is -2.33. The summed E-state index contributed by atoms with van der Waals surface area (Å²) in [6.07, 6.45) is 4.20. The van der Waals surface area contributed by atoms with Crippen molar-refractivity contribution in [1.82, 2.24) is 4.90 Å². The molecule has 2 aliphatic heterocycles. The molecule has 0 spiro atoms. The summed E-state index contributed by atoms with van der Waals surface area (Å²) >= 11 is 0. The molecule has 2 aromatic carbocycles. The summed E-state index contributed by atoms with van der Waals surface area (Å²) in [6.45, 7) is 5.13. The number of nitrogens with zero attached hydrogens (tertiary/aromatic N) is 1. The molecule has 0 aliphatic carbocycles. The number of hydrogen-bond donors (Lipinski definition) is 0. The summed E-state index contributed by atoms with van der Waals surface area (Å²) in [6, 6.07) is 14.3. The molecule has 1 amide bonds. The highest BCUT2D eigenvalue weighted by molar-refractivity contribution is 5.95. The zero-order valence-corrected chi connectivity index (χ0v) is 15.9. The minimum atomic E-state index is 0.0964. The highest BCUT2D eigenvalue weighted by Crippen LogP contribution is 2.31. The molecule has 1 saturated heterocycles. The second-order valence-electron chi connectivity index (χ2n) is 7.39. The lowest BCUT2D eigenvalue weighted by atomic mass is 10.00. The van der Waals surface area contributed by atoms with Gasteiger partial charge in [0, 0.05) is 31.7 Å². The highest BCUT2D eigenvalue weighted by Gasteiger charge is 2.25. The second-order valence-corrected chi connectivity index (χ2v) is 7.39. The number of likely N-dealkylation sites (tertiary alicyclic amines) is 1. The lowest BCUT2D eigenvalue weighted by Gasteiger charge is -2.32. The first-order valence-electron chi connectivity index (χ1n) is 10.0. The molecule has 4 nitrogen and oxygen atoms in total. The maximum atomic E-state index is 13.0. The van der Waals surface area contributed by atoms with Crippen LogP contribution in [0, 0.1) is 0 Å². The fourth-order valence-electron chi connectivity index (χ4n) is 3.90. The van der Waals surface area contributed by atoms with E-state index >= 15 is 0 Å². The van der Waals surface area contributed by atoms with Gasteiger partial charge in [-0.05, 0) is 54.2 Å². The van der Waals surface area contributed by atoms with Crippen LogP contribution in [0.4, 0.5) is 0 Å². The van der Waals surface area contributed by atoms with Crippen molar-refractivity contribution in [1.29, 1.82) is 0 Å². The number of amides is 1. The summed E-state index contributed by atoms with van der Waals surface area (Å²) in [7, 11) is 0. The third kappa shape index (κ3) is 4.01. The van der Waals surface area contributed by atoms with Crippen LogP contribution >= 0.6 is 0 Å². The van der Waals surface area contributed by atoms with E-state index in [1.165, 1.54) is 5.56 Å². The molecule has 4 heteroatoms. The van der Waals surface area contributed by atoms with Gasteiger partial charge in [0.2, 0.25) is 0 Å². The van der Waals surface area contributed by atoms with Crippen LogP contribution < -0.4 is 4.74 Å². The van der Waals surface area contributed by atoms with Gasteiger partial charge in [-0.2, -0.15) is 0 Å². The third-order valence-electron chi connectivity index (χ3n) is 5.36. The van der Waals surface area contributed by atoms with Crippen molar-refractivity contribution in [2.24, 2.45) is 0 Å². The largest absolute Gasteiger partial charge is 0.493 e. The highest BCUT2D eigenvalue weighted by atomic mass is 16.5. The van der Waals surface area contributed by atoms with Crippen molar-refractivity contribution in [2.75, 3.05) is 26.3 Å². The van der Waals surface area contributed by atoms with E-state index < -0.39 is 0 Å². The summed E-state index contributed by atoms with van der Waals surface area (Å²) in [4.78, 5) is 15.0. The summed E-state index contributed by atoms with van der Waals surface area (Å²) < 4.78 is 11.6. The van der Waals surface area contributed by atoms with Crippen molar-refractivity contribution < 1.29 is 14.3 Å². The van der Waals surface area contributed by atoms with Gasteiger partial charge in [-0.25, -0.2) is 0 Å². The first kappa shape index (κ1) is 18.1. The number of carbonyl (C=O) groups excluding carboxylic acids is 1. The molecule has 142 valence electrons. The van der Waals surface area contributed by atoms with E-state index in [0.29, 0.717) is 6.54 Å². The van der Waals surface area contributed by atoms with Gasteiger partial charge in [0.05, 0.1) is 12.7 Å². The van der Waals surface area contributed by atoms with Crippen molar-refractivity contribution in [3.05, 3.63) is 53.6 Å². The third-order valence-corrected chi connectivity index (χ3v) is 5.36. The van der Waals surface area contributed by atoms with Crippen LogP contribution in [0.3, 0.4) is 0 Å². The molecule has 0 radical (unpaired) electrons. The molecule has 0 bridgehead atoms. The van der Waals surface area contributed by atoms with Gasteiger partial charge in [-0.1, -0.05) is 31.2 Å². The maximum Gasteiger partial charge on any atom is 0.253 e. The van der Waals surface area contributed by atoms with E-state index in [4.69, 9.17) is 9.47 Å². The Kier molecular flexibility index (Phi) is 5.44. The number of carbonyl (C=O) groups is 1. The first-order valence-corrected chi connectivity index (χ1v) is 10.0. The van der Waals surface area contributed by atoms with Gasteiger partial charge in [0.25, 0.3) is 5.91 Å². The zero-order chi connectivity index (χ0) is 18.6. The van der Waals surface area contributed by atoms with Crippen LogP contribution in [0.25, 0.3) is 11.1 Å². The quantitative estimate of drug-likeness (QED) is 0.792. The minimum absolute atomic E-state index is 0.0964. The van der Waals surface area contributed by atoms with Crippen LogP contribution in [0.1, 0.15) is 42.1 Å². The molecular formula is C23H27NO3. The number of fused-ring (bicyclic) bond motifs is 1. The van der Waals surface area contributed by atoms with E-state index in [1.807, 2.05) is 23.1 Å². The lowest BCUT2D eigenvalue weighted by Crippen LogP contribution is -2.43. The maximum absolute atomic E-state index is 13.0. The molecule has 0 unspecified atom stereocenters. The van der Waals surface area contributed by atoms with Crippen molar-refractivity contribution in [3.63, 3.8) is 0 Å². The molecule has 0 saturated carbocycles. The topological polar surface area (TPSA) is 38.8 Å². The second kappa shape index (κ2) is 8.13. The number of rotatable bonds is 5. The Balaban J connectivity index is 1.51. The van der Waals surface area contributed by atoms with Crippen LogP contribution in [0.2, 0.25) is 0 Å². The minimum Gasteiger partial charge on any atom is -0.493 e. The van der Waals surface area contributed by atoms with Crippen LogP contribution in [0.5, 0.6) is 5.75 Å². The van der Waals surface area contributed by atoms with Gasteiger partial charge in [-0.3, -0.25) is 4.79 Å². The standard InChI is InChI=1S/C23H27NO3/c1-2-12-26-21-7-4-11-24(16-21)23(25)20-6-3-5-18(14-20)19-9-8-17-10-13-27-22(17)15-19/h3,5-6,8-9,14-15,21H,2,4,7,10-13,16H2,1H3/t21-/m1/s1. The summed E-state index contributed by atoms with van der Waals surface area (Å²) in [5, 5.41) is 0. The Morgan fingerprint density at radius 2 is 2.11 bits per heavy atom. The normalized spacial score (nSPS) is 18.9. The van der Waals surface area contributed by atoms with E-state index in [-0.39, 0.29) is 12.0 Å². The molecule has 27 heavy (non-hydrogen) atoms. The van der Waals surface area contributed by atoms with Gasteiger partial charge in [-0.15, -0.1) is 0 Å². The molecular weight excluding hydrogens is 338 g/mol. The van der Waals surface area contributed by atoms with Gasteiger partial charge < -0.3 is 14.4 Å². The molecule has 1 atom stereocenters. The number of benzene rings is 2. The fraction of sp³-hybridized carbons (Fsp3) is 0.435. The predicted octanol–water partition coefficient (Wildman–Crippen LogP) is 4.32. The van der Waals surface area contributed by atoms with E-state index in [1.54, 1.807) is 0 Å². The molecule has 2 aromatic rings. The smallest absolute Gasteiger partial charge is 0.253 e. The molecule has 0 aromatic heterocycles. The Labute approximate surface area is 161 Å². The molecule has 1 fully saturated rings. The Morgan fingerprint density at radius 1 is 1.22 bits per heavy atom. The Morgan fingerprint density at radius 3 is 3.00 bits per heavy atom. The SMILES string of the molecule is CCCO[C@@H]1CCCN(C(=O)c2cccc(-c3ccc4c(c3)OCC4)c2)C1. The average molecular weight is 365 g/mol. The molecule has 2 heterocycles.